The summed E-state index contributed by atoms with van der Waals surface area (Å²) in [6.45, 7) is 8.99. The van der Waals surface area contributed by atoms with Gasteiger partial charge in [0.05, 0.1) is 21.7 Å². The summed E-state index contributed by atoms with van der Waals surface area (Å²) in [6.07, 6.45) is 0. The molecule has 29 heavy (non-hydrogen) atoms. The highest BCUT2D eigenvalue weighted by Crippen LogP contribution is 2.36. The van der Waals surface area contributed by atoms with Crippen LogP contribution in [0.15, 0.2) is 64.4 Å². The molecule has 6 nitrogen and oxygen atoms in total. The lowest BCUT2D eigenvalue weighted by atomic mass is 10.1. The molecule has 0 bridgehead atoms. The van der Waals surface area contributed by atoms with Crippen molar-refractivity contribution in [3.8, 4) is 5.88 Å². The third kappa shape index (κ3) is 3.96. The lowest BCUT2D eigenvalue weighted by Crippen LogP contribution is -2.26. The van der Waals surface area contributed by atoms with Gasteiger partial charge in [0, 0.05) is 0 Å². The van der Waals surface area contributed by atoms with E-state index in [-0.39, 0.29) is 21.4 Å². The van der Waals surface area contributed by atoms with Crippen molar-refractivity contribution >= 4 is 15.8 Å². The SMILES string of the molecule is Cc1ccccc1C(=O)Oc1c(S(=O)(=O)c2ccccc2)c(C)nn1C(C)(C)C. The number of carbonyl (C=O) groups is 1. The van der Waals surface area contributed by atoms with Crippen LogP contribution >= 0.6 is 0 Å². The molecule has 3 aromatic rings. The van der Waals surface area contributed by atoms with Crippen molar-refractivity contribution < 1.29 is 17.9 Å². The predicted octanol–water partition coefficient (Wildman–Crippen LogP) is 4.31. The molecule has 0 saturated heterocycles. The predicted molar refractivity (Wildman–Crippen MR) is 110 cm³/mol. The summed E-state index contributed by atoms with van der Waals surface area (Å²) in [5, 5.41) is 4.40. The first-order valence-electron chi connectivity index (χ1n) is 9.21. The van der Waals surface area contributed by atoms with Crippen LogP contribution in [0.25, 0.3) is 0 Å². The van der Waals surface area contributed by atoms with E-state index in [2.05, 4.69) is 5.10 Å². The van der Waals surface area contributed by atoms with Gasteiger partial charge in [-0.15, -0.1) is 0 Å². The van der Waals surface area contributed by atoms with Gasteiger partial charge in [-0.1, -0.05) is 36.4 Å². The van der Waals surface area contributed by atoms with Gasteiger partial charge >= 0.3 is 5.97 Å². The molecule has 152 valence electrons. The van der Waals surface area contributed by atoms with Crippen molar-refractivity contribution in [1.82, 2.24) is 9.78 Å². The van der Waals surface area contributed by atoms with Gasteiger partial charge in [0.25, 0.3) is 0 Å². The molecule has 0 spiro atoms. The van der Waals surface area contributed by atoms with Crippen LogP contribution in [-0.4, -0.2) is 24.2 Å². The smallest absolute Gasteiger partial charge is 0.345 e. The average molecular weight is 413 g/mol. The molecule has 0 N–H and O–H groups in total. The van der Waals surface area contributed by atoms with E-state index < -0.39 is 21.3 Å². The highest BCUT2D eigenvalue weighted by atomic mass is 32.2. The molecular weight excluding hydrogens is 388 g/mol. The summed E-state index contributed by atoms with van der Waals surface area (Å²) in [6, 6.07) is 15.1. The van der Waals surface area contributed by atoms with E-state index in [1.807, 2.05) is 26.8 Å². The lowest BCUT2D eigenvalue weighted by Gasteiger charge is -2.22. The minimum atomic E-state index is -3.94. The van der Waals surface area contributed by atoms with Gasteiger partial charge in [-0.25, -0.2) is 17.9 Å². The van der Waals surface area contributed by atoms with Crippen LogP contribution in [0, 0.1) is 13.8 Å². The Hall–Kier alpha value is -2.93. The number of sulfone groups is 1. The van der Waals surface area contributed by atoms with E-state index in [9.17, 15) is 13.2 Å². The maximum Gasteiger partial charge on any atom is 0.345 e. The van der Waals surface area contributed by atoms with Gasteiger partial charge in [-0.2, -0.15) is 5.10 Å². The molecule has 0 fully saturated rings. The van der Waals surface area contributed by atoms with Crippen LogP contribution in [-0.2, 0) is 15.4 Å². The van der Waals surface area contributed by atoms with Crippen molar-refractivity contribution in [2.75, 3.05) is 0 Å². The summed E-state index contributed by atoms with van der Waals surface area (Å²) in [5.74, 6) is -0.704. The topological polar surface area (TPSA) is 78.3 Å². The van der Waals surface area contributed by atoms with Crippen LogP contribution in [0.4, 0.5) is 0 Å². The van der Waals surface area contributed by atoms with Crippen LogP contribution in [0.3, 0.4) is 0 Å². The Labute approximate surface area is 171 Å². The Kier molecular flexibility index (Phi) is 5.36. The zero-order valence-electron chi connectivity index (χ0n) is 17.1. The zero-order valence-corrected chi connectivity index (χ0v) is 17.9. The second-order valence-electron chi connectivity index (χ2n) is 7.82. The number of esters is 1. The fourth-order valence-corrected chi connectivity index (χ4v) is 4.55. The van der Waals surface area contributed by atoms with Crippen molar-refractivity contribution in [1.29, 1.82) is 0 Å². The molecule has 0 amide bonds. The number of rotatable bonds is 4. The highest BCUT2D eigenvalue weighted by Gasteiger charge is 2.34. The molecule has 0 radical (unpaired) electrons. The number of ether oxygens (including phenoxy) is 1. The van der Waals surface area contributed by atoms with Gasteiger partial charge < -0.3 is 4.74 Å². The summed E-state index contributed by atoms with van der Waals surface area (Å²) in [5.41, 5.74) is 0.783. The maximum atomic E-state index is 13.4. The van der Waals surface area contributed by atoms with Gasteiger partial charge in [-0.05, 0) is 58.4 Å². The van der Waals surface area contributed by atoms with Crippen molar-refractivity contribution in [3.63, 3.8) is 0 Å². The number of carbonyl (C=O) groups excluding carboxylic acids is 1. The number of aryl methyl sites for hydroxylation is 2. The standard InChI is InChI=1S/C22H24N2O4S/c1-15-11-9-10-14-18(15)21(25)28-20-19(16(2)23-24(20)22(3,4)5)29(26,27)17-12-7-6-8-13-17/h6-14H,1-5H3. The first-order chi connectivity index (χ1) is 13.5. The first kappa shape index (κ1) is 20.8. The van der Waals surface area contributed by atoms with Crippen molar-refractivity contribution in [3.05, 3.63) is 71.4 Å². The zero-order chi connectivity index (χ0) is 21.4. The van der Waals surface area contributed by atoms with E-state index >= 15 is 0 Å². The van der Waals surface area contributed by atoms with E-state index in [4.69, 9.17) is 4.74 Å². The average Bonchev–Trinajstić information content (AvgIpc) is 2.99. The third-order valence-electron chi connectivity index (χ3n) is 4.48. The molecule has 0 aliphatic heterocycles. The Balaban J connectivity index is 2.20. The van der Waals surface area contributed by atoms with E-state index in [0.29, 0.717) is 5.56 Å². The minimum absolute atomic E-state index is 0.0768. The number of aromatic nitrogens is 2. The molecule has 0 unspecified atom stereocenters. The van der Waals surface area contributed by atoms with Crippen molar-refractivity contribution in [2.24, 2.45) is 0 Å². The van der Waals surface area contributed by atoms with Gasteiger partial charge in [0.1, 0.15) is 0 Å². The molecule has 2 aromatic carbocycles. The van der Waals surface area contributed by atoms with Gasteiger partial charge in [0.15, 0.2) is 4.90 Å². The largest absolute Gasteiger partial charge is 0.403 e. The first-order valence-corrected chi connectivity index (χ1v) is 10.7. The molecule has 1 aromatic heterocycles. The summed E-state index contributed by atoms with van der Waals surface area (Å²) in [7, 11) is -3.94. The van der Waals surface area contributed by atoms with E-state index in [1.165, 1.54) is 16.8 Å². The van der Waals surface area contributed by atoms with Crippen LogP contribution < -0.4 is 4.74 Å². The Morgan fingerprint density at radius 2 is 1.55 bits per heavy atom. The number of hydrogen-bond donors (Lipinski definition) is 0. The van der Waals surface area contributed by atoms with E-state index in [0.717, 1.165) is 5.56 Å². The molecule has 1 heterocycles. The summed E-state index contributed by atoms with van der Waals surface area (Å²) in [4.78, 5) is 12.9. The summed E-state index contributed by atoms with van der Waals surface area (Å²) < 4.78 is 33.8. The quantitative estimate of drug-likeness (QED) is 0.597. The minimum Gasteiger partial charge on any atom is -0.403 e. The van der Waals surface area contributed by atoms with Crippen molar-refractivity contribution in [2.45, 2.75) is 49.9 Å². The third-order valence-corrected chi connectivity index (χ3v) is 6.38. The lowest BCUT2D eigenvalue weighted by molar-refractivity contribution is 0.0703. The molecule has 7 heteroatoms. The van der Waals surface area contributed by atoms with Crippen LogP contribution in [0.5, 0.6) is 5.88 Å². The molecule has 0 saturated carbocycles. The second kappa shape index (κ2) is 7.48. The Bertz CT molecular complexity index is 1160. The molecule has 3 rings (SSSR count). The molecule has 0 aliphatic rings. The number of hydrogen-bond acceptors (Lipinski definition) is 5. The van der Waals surface area contributed by atoms with Crippen LogP contribution in [0.2, 0.25) is 0 Å². The highest BCUT2D eigenvalue weighted by molar-refractivity contribution is 7.91. The van der Waals surface area contributed by atoms with Gasteiger partial charge in [-0.3, -0.25) is 0 Å². The maximum absolute atomic E-state index is 13.4. The Morgan fingerprint density at radius 1 is 0.966 bits per heavy atom. The number of benzene rings is 2. The molecule has 0 aliphatic carbocycles. The molecular formula is C22H24N2O4S. The van der Waals surface area contributed by atoms with Crippen LogP contribution in [0.1, 0.15) is 42.4 Å². The number of nitrogens with zero attached hydrogens (tertiary/aromatic N) is 2. The second-order valence-corrected chi connectivity index (χ2v) is 9.71. The fourth-order valence-electron chi connectivity index (χ4n) is 3.01. The summed E-state index contributed by atoms with van der Waals surface area (Å²) >= 11 is 0. The van der Waals surface area contributed by atoms with E-state index in [1.54, 1.807) is 50.2 Å². The monoisotopic (exact) mass is 412 g/mol. The normalized spacial score (nSPS) is 12.0. The Morgan fingerprint density at radius 3 is 2.14 bits per heavy atom. The van der Waals surface area contributed by atoms with Gasteiger partial charge in [0.2, 0.25) is 15.7 Å². The fraction of sp³-hybridized carbons (Fsp3) is 0.273. The molecule has 0 atom stereocenters.